The first-order valence-electron chi connectivity index (χ1n) is 4.61. The Kier molecular flexibility index (Phi) is 4.31. The van der Waals surface area contributed by atoms with Gasteiger partial charge in [-0.1, -0.05) is 13.8 Å². The van der Waals surface area contributed by atoms with Gasteiger partial charge in [0.05, 0.1) is 0 Å². The summed E-state index contributed by atoms with van der Waals surface area (Å²) in [7, 11) is 0. The first-order valence-corrected chi connectivity index (χ1v) is 5.69. The van der Waals surface area contributed by atoms with Gasteiger partial charge in [0, 0.05) is 9.77 Å². The van der Waals surface area contributed by atoms with Crippen molar-refractivity contribution < 1.29 is 9.90 Å². The Labute approximate surface area is 102 Å². The number of carboxylic acids is 1. The van der Waals surface area contributed by atoms with Crippen molar-refractivity contribution in [3.8, 4) is 0 Å². The van der Waals surface area contributed by atoms with E-state index < -0.39 is 12.0 Å². The average Bonchev–Trinajstić information content (AvgIpc) is 2.15. The van der Waals surface area contributed by atoms with Crippen molar-refractivity contribution in [1.82, 2.24) is 4.98 Å². The lowest BCUT2D eigenvalue weighted by Crippen LogP contribution is -2.34. The molecule has 0 aliphatic heterocycles. The van der Waals surface area contributed by atoms with Crippen LogP contribution in [0.15, 0.2) is 18.3 Å². The number of aliphatic carboxylic acids is 1. The number of pyridine rings is 1. The molecule has 0 aromatic carbocycles. The van der Waals surface area contributed by atoms with Crippen LogP contribution in [0.2, 0.25) is 0 Å². The molecule has 0 aliphatic rings. The molecule has 0 fully saturated rings. The van der Waals surface area contributed by atoms with Crippen LogP contribution in [0.4, 0.5) is 5.82 Å². The predicted octanol–water partition coefficient (Wildman–Crippen LogP) is 2.21. The van der Waals surface area contributed by atoms with Gasteiger partial charge in [0.1, 0.15) is 11.9 Å². The molecule has 0 spiro atoms. The van der Waals surface area contributed by atoms with E-state index in [1.165, 1.54) is 0 Å². The second-order valence-corrected chi connectivity index (χ2v) is 4.81. The number of anilines is 1. The molecule has 0 unspecified atom stereocenters. The lowest BCUT2D eigenvalue weighted by atomic mass is 10.1. The van der Waals surface area contributed by atoms with Crippen molar-refractivity contribution in [2.75, 3.05) is 5.32 Å². The van der Waals surface area contributed by atoms with Crippen molar-refractivity contribution in [1.29, 1.82) is 0 Å². The second-order valence-electron chi connectivity index (χ2n) is 3.57. The van der Waals surface area contributed by atoms with Crippen LogP contribution in [0.5, 0.6) is 0 Å². The Morgan fingerprint density at radius 2 is 2.20 bits per heavy atom. The van der Waals surface area contributed by atoms with Crippen molar-refractivity contribution in [2.45, 2.75) is 19.9 Å². The highest BCUT2D eigenvalue weighted by Gasteiger charge is 2.21. The van der Waals surface area contributed by atoms with Gasteiger partial charge in [-0.2, -0.15) is 0 Å². The molecule has 0 aliphatic carbocycles. The molecule has 1 aromatic rings. The molecule has 0 radical (unpaired) electrons. The Bertz CT molecular complexity index is 338. The van der Waals surface area contributed by atoms with Gasteiger partial charge in [0.25, 0.3) is 0 Å². The number of nitrogens with zero attached hydrogens (tertiary/aromatic N) is 1. The van der Waals surface area contributed by atoms with Crippen LogP contribution in [0, 0.1) is 9.49 Å². The summed E-state index contributed by atoms with van der Waals surface area (Å²) in [4.78, 5) is 15.0. The summed E-state index contributed by atoms with van der Waals surface area (Å²) in [6.07, 6.45) is 1.70. The van der Waals surface area contributed by atoms with Gasteiger partial charge in [-0.05, 0) is 40.6 Å². The second kappa shape index (κ2) is 5.29. The first kappa shape index (κ1) is 12.2. The van der Waals surface area contributed by atoms with Gasteiger partial charge in [0.2, 0.25) is 0 Å². The third-order valence-electron chi connectivity index (χ3n) is 1.96. The quantitative estimate of drug-likeness (QED) is 0.835. The fourth-order valence-electron chi connectivity index (χ4n) is 1.13. The van der Waals surface area contributed by atoms with Crippen LogP contribution >= 0.6 is 22.6 Å². The van der Waals surface area contributed by atoms with E-state index in [0.29, 0.717) is 5.82 Å². The van der Waals surface area contributed by atoms with Gasteiger partial charge >= 0.3 is 5.97 Å². The van der Waals surface area contributed by atoms with E-state index >= 15 is 0 Å². The van der Waals surface area contributed by atoms with E-state index in [1.54, 1.807) is 12.3 Å². The Morgan fingerprint density at radius 1 is 1.53 bits per heavy atom. The number of nitrogens with one attached hydrogen (secondary N) is 1. The lowest BCUT2D eigenvalue weighted by Gasteiger charge is -2.18. The molecule has 1 atom stereocenters. The lowest BCUT2D eigenvalue weighted by molar-refractivity contribution is -0.138. The molecule has 0 saturated carbocycles. The van der Waals surface area contributed by atoms with E-state index in [4.69, 9.17) is 5.11 Å². The molecule has 2 N–H and O–H groups in total. The minimum Gasteiger partial charge on any atom is -0.480 e. The molecule has 82 valence electrons. The smallest absolute Gasteiger partial charge is 0.326 e. The molecule has 15 heavy (non-hydrogen) atoms. The summed E-state index contributed by atoms with van der Waals surface area (Å²) in [5.74, 6) is -0.245. The standard InChI is InChI=1S/C10H13IN2O2/c1-6(2)9(10(14)15)13-8-4-3-7(11)5-12-8/h3-6,9H,1-2H3,(H,12,13)(H,14,15)/t9-/m1/s1. The number of aromatic nitrogens is 1. The minimum absolute atomic E-state index is 0.0172. The van der Waals surface area contributed by atoms with Crippen molar-refractivity contribution in [3.63, 3.8) is 0 Å². The zero-order valence-corrected chi connectivity index (χ0v) is 10.7. The van der Waals surface area contributed by atoms with E-state index in [9.17, 15) is 4.79 Å². The molecular formula is C10H13IN2O2. The molecule has 1 aromatic heterocycles. The normalized spacial score (nSPS) is 12.5. The Balaban J connectivity index is 2.74. The molecule has 1 heterocycles. The zero-order valence-electron chi connectivity index (χ0n) is 8.57. The highest BCUT2D eigenvalue weighted by atomic mass is 127. The summed E-state index contributed by atoms with van der Waals surface area (Å²) in [6, 6.07) is 3.06. The molecule has 1 rings (SSSR count). The minimum atomic E-state index is -0.856. The maximum absolute atomic E-state index is 10.9. The highest BCUT2D eigenvalue weighted by Crippen LogP contribution is 2.12. The number of hydrogen-bond acceptors (Lipinski definition) is 3. The number of carbonyl (C=O) groups is 1. The van der Waals surface area contributed by atoms with Crippen LogP contribution in [0.3, 0.4) is 0 Å². The fraction of sp³-hybridized carbons (Fsp3) is 0.400. The average molecular weight is 320 g/mol. The summed E-state index contributed by atoms with van der Waals surface area (Å²) < 4.78 is 1.02. The maximum atomic E-state index is 10.9. The van der Waals surface area contributed by atoms with E-state index in [1.807, 2.05) is 19.9 Å². The van der Waals surface area contributed by atoms with Crippen LogP contribution < -0.4 is 5.32 Å². The first-order chi connectivity index (χ1) is 7.00. The largest absolute Gasteiger partial charge is 0.480 e. The third-order valence-corrected chi connectivity index (χ3v) is 2.60. The summed E-state index contributed by atoms with van der Waals surface area (Å²) in [5.41, 5.74) is 0. The molecule has 4 nitrogen and oxygen atoms in total. The molecule has 0 bridgehead atoms. The summed E-state index contributed by atoms with van der Waals surface area (Å²) in [5, 5.41) is 11.9. The van der Waals surface area contributed by atoms with Crippen molar-refractivity contribution in [2.24, 2.45) is 5.92 Å². The fourth-order valence-corrected chi connectivity index (χ4v) is 1.45. The van der Waals surface area contributed by atoms with Crippen LogP contribution in [0.25, 0.3) is 0 Å². The monoisotopic (exact) mass is 320 g/mol. The highest BCUT2D eigenvalue weighted by molar-refractivity contribution is 14.1. The van der Waals surface area contributed by atoms with Crippen LogP contribution in [-0.4, -0.2) is 22.1 Å². The van der Waals surface area contributed by atoms with Gasteiger partial charge < -0.3 is 10.4 Å². The third kappa shape index (κ3) is 3.65. The number of hydrogen-bond donors (Lipinski definition) is 2. The van der Waals surface area contributed by atoms with Gasteiger partial charge in [-0.3, -0.25) is 0 Å². The number of carboxylic acid groups (broad SMARTS) is 1. The van der Waals surface area contributed by atoms with Crippen molar-refractivity contribution in [3.05, 3.63) is 21.9 Å². The maximum Gasteiger partial charge on any atom is 0.326 e. The molecule has 0 amide bonds. The van der Waals surface area contributed by atoms with Gasteiger partial charge in [0.15, 0.2) is 0 Å². The molecule has 5 heteroatoms. The van der Waals surface area contributed by atoms with Gasteiger partial charge in [-0.25, -0.2) is 9.78 Å². The van der Waals surface area contributed by atoms with E-state index in [0.717, 1.165) is 3.57 Å². The predicted molar refractivity (Wildman–Crippen MR) is 66.8 cm³/mol. The zero-order chi connectivity index (χ0) is 11.4. The van der Waals surface area contributed by atoms with Gasteiger partial charge in [-0.15, -0.1) is 0 Å². The van der Waals surface area contributed by atoms with Crippen molar-refractivity contribution >= 4 is 34.4 Å². The summed E-state index contributed by atoms with van der Waals surface area (Å²) in [6.45, 7) is 3.72. The SMILES string of the molecule is CC(C)[C@@H](Nc1ccc(I)cn1)C(=O)O. The number of rotatable bonds is 4. The number of halogens is 1. The Hall–Kier alpha value is -0.850. The molecular weight excluding hydrogens is 307 g/mol. The topological polar surface area (TPSA) is 62.2 Å². The van der Waals surface area contributed by atoms with Crippen LogP contribution in [-0.2, 0) is 4.79 Å². The molecule has 0 saturated heterocycles. The van der Waals surface area contributed by atoms with Crippen LogP contribution in [0.1, 0.15) is 13.8 Å². The van der Waals surface area contributed by atoms with E-state index in [-0.39, 0.29) is 5.92 Å². The van der Waals surface area contributed by atoms with E-state index in [2.05, 4.69) is 32.9 Å². The summed E-state index contributed by atoms with van der Waals surface area (Å²) >= 11 is 2.15. The Morgan fingerprint density at radius 3 is 2.60 bits per heavy atom.